The Kier molecular flexibility index (Phi) is 8.17. The first-order chi connectivity index (χ1) is 8.01. The van der Waals surface area contributed by atoms with Gasteiger partial charge in [-0.3, -0.25) is 0 Å². The Bertz CT molecular complexity index is 239. The molecule has 0 rings (SSSR count). The Morgan fingerprint density at radius 3 is 2.12 bits per heavy atom. The number of carboxylic acids is 1. The van der Waals surface area contributed by atoms with E-state index >= 15 is 0 Å². The first-order valence-electron chi connectivity index (χ1n) is 6.56. The van der Waals surface area contributed by atoms with Crippen LogP contribution < -0.4 is 0 Å². The lowest BCUT2D eigenvalue weighted by atomic mass is 10.1. The minimum atomic E-state index is -1.46. The van der Waals surface area contributed by atoms with Gasteiger partial charge in [0, 0.05) is 12.2 Å². The lowest BCUT2D eigenvalue weighted by molar-refractivity contribution is -0.132. The third-order valence-electron chi connectivity index (χ3n) is 3.52. The summed E-state index contributed by atoms with van der Waals surface area (Å²) in [5.41, 5.74) is 0.301. The van der Waals surface area contributed by atoms with Crippen LogP contribution in [0.25, 0.3) is 0 Å². The zero-order chi connectivity index (χ0) is 13.3. The molecule has 17 heavy (non-hydrogen) atoms. The topological polar surface area (TPSA) is 46.5 Å². The normalized spacial score (nSPS) is 11.5. The Balaban J connectivity index is 3.76. The van der Waals surface area contributed by atoms with E-state index in [0.717, 1.165) is 19.4 Å². The molecule has 0 saturated carbocycles. The van der Waals surface area contributed by atoms with E-state index in [0.29, 0.717) is 12.0 Å². The first-order valence-corrected chi connectivity index (χ1v) is 9.09. The number of carboxylic acid groups (broad SMARTS) is 1. The van der Waals surface area contributed by atoms with E-state index in [1.165, 1.54) is 18.1 Å². The van der Waals surface area contributed by atoms with Crippen LogP contribution in [0.5, 0.6) is 0 Å². The van der Waals surface area contributed by atoms with Crippen molar-refractivity contribution in [1.29, 1.82) is 0 Å². The van der Waals surface area contributed by atoms with E-state index in [1.54, 1.807) is 0 Å². The van der Waals surface area contributed by atoms with Gasteiger partial charge in [-0.05, 0) is 37.4 Å². The van der Waals surface area contributed by atoms with Crippen molar-refractivity contribution in [3.05, 3.63) is 12.2 Å². The molecule has 0 aromatic rings. The predicted octanol–water partition coefficient (Wildman–Crippen LogP) is 3.82. The minimum absolute atomic E-state index is 0.301. The van der Waals surface area contributed by atoms with E-state index < -0.39 is 14.3 Å². The van der Waals surface area contributed by atoms with Gasteiger partial charge in [0.2, 0.25) is 0 Å². The van der Waals surface area contributed by atoms with Gasteiger partial charge in [-0.1, -0.05) is 27.4 Å². The fourth-order valence-electron chi connectivity index (χ4n) is 1.89. The summed E-state index contributed by atoms with van der Waals surface area (Å²) in [6.45, 7) is 10.9. The smallest absolute Gasteiger partial charge is 0.330 e. The second-order valence-corrected chi connectivity index (χ2v) is 9.23. The number of hydrogen-bond acceptors (Lipinski definition) is 2. The molecule has 0 radical (unpaired) electrons. The summed E-state index contributed by atoms with van der Waals surface area (Å²) in [5.74, 6) is -0.884. The highest BCUT2D eigenvalue weighted by molar-refractivity contribution is 6.73. The van der Waals surface area contributed by atoms with Gasteiger partial charge in [0.25, 0.3) is 0 Å². The van der Waals surface area contributed by atoms with Crippen LogP contribution in [0.4, 0.5) is 0 Å². The lowest BCUT2D eigenvalue weighted by Crippen LogP contribution is -2.36. The molecule has 0 aromatic heterocycles. The lowest BCUT2D eigenvalue weighted by Gasteiger charge is -2.27. The maximum absolute atomic E-state index is 10.5. The van der Waals surface area contributed by atoms with Crippen LogP contribution in [0.15, 0.2) is 12.2 Å². The summed E-state index contributed by atoms with van der Waals surface area (Å²) in [6, 6.07) is 3.51. The van der Waals surface area contributed by atoms with Gasteiger partial charge >= 0.3 is 5.97 Å². The highest BCUT2D eigenvalue weighted by Gasteiger charge is 2.28. The van der Waals surface area contributed by atoms with Crippen LogP contribution in [-0.2, 0) is 9.22 Å². The third kappa shape index (κ3) is 6.03. The zero-order valence-electron chi connectivity index (χ0n) is 11.4. The Morgan fingerprint density at radius 2 is 1.71 bits per heavy atom. The molecule has 0 unspecified atom stereocenters. The van der Waals surface area contributed by atoms with Crippen molar-refractivity contribution < 1.29 is 14.3 Å². The summed E-state index contributed by atoms with van der Waals surface area (Å²) in [5, 5.41) is 8.66. The van der Waals surface area contributed by atoms with Crippen LogP contribution >= 0.6 is 0 Å². The Hall–Kier alpha value is -0.613. The average Bonchev–Trinajstić information content (AvgIpc) is 2.34. The van der Waals surface area contributed by atoms with Crippen LogP contribution in [0, 0.1) is 0 Å². The van der Waals surface area contributed by atoms with Gasteiger partial charge in [-0.2, -0.15) is 0 Å². The molecule has 0 aromatic carbocycles. The van der Waals surface area contributed by atoms with Crippen molar-refractivity contribution in [1.82, 2.24) is 0 Å². The average molecular weight is 258 g/mol. The number of hydrogen-bond donors (Lipinski definition) is 1. The van der Waals surface area contributed by atoms with Gasteiger partial charge < -0.3 is 9.53 Å². The first kappa shape index (κ1) is 16.4. The summed E-state index contributed by atoms with van der Waals surface area (Å²) in [4.78, 5) is 10.5. The van der Waals surface area contributed by atoms with Crippen LogP contribution in [-0.4, -0.2) is 26.0 Å². The molecule has 100 valence electrons. The molecule has 0 heterocycles. The van der Waals surface area contributed by atoms with Gasteiger partial charge in [0.1, 0.15) is 0 Å². The molecule has 0 aliphatic heterocycles. The van der Waals surface area contributed by atoms with Gasteiger partial charge in [-0.25, -0.2) is 4.79 Å². The van der Waals surface area contributed by atoms with E-state index in [2.05, 4.69) is 27.4 Å². The van der Waals surface area contributed by atoms with Crippen LogP contribution in [0.3, 0.4) is 0 Å². The molecule has 0 spiro atoms. The maximum atomic E-state index is 10.5. The van der Waals surface area contributed by atoms with Gasteiger partial charge in [0.15, 0.2) is 8.32 Å². The molecule has 0 aliphatic carbocycles. The number of aliphatic carboxylic acids is 1. The second kappa shape index (κ2) is 8.47. The highest BCUT2D eigenvalue weighted by atomic mass is 28.4. The van der Waals surface area contributed by atoms with Gasteiger partial charge in [0.05, 0.1) is 0 Å². The number of rotatable bonds is 10. The quantitative estimate of drug-likeness (QED) is 0.368. The predicted molar refractivity (Wildman–Crippen MR) is 73.8 cm³/mol. The van der Waals surface area contributed by atoms with Crippen molar-refractivity contribution in [3.8, 4) is 0 Å². The van der Waals surface area contributed by atoms with Crippen molar-refractivity contribution in [2.24, 2.45) is 0 Å². The van der Waals surface area contributed by atoms with Crippen molar-refractivity contribution in [2.45, 2.75) is 58.2 Å². The van der Waals surface area contributed by atoms with E-state index in [9.17, 15) is 4.79 Å². The molecule has 0 fully saturated rings. The fraction of sp³-hybridized carbons (Fsp3) is 0.769. The summed E-state index contributed by atoms with van der Waals surface area (Å²) in [7, 11) is -1.46. The fourth-order valence-corrected chi connectivity index (χ4v) is 4.58. The molecular weight excluding hydrogens is 232 g/mol. The summed E-state index contributed by atoms with van der Waals surface area (Å²) in [6.07, 6.45) is 2.35. The van der Waals surface area contributed by atoms with Crippen LogP contribution in [0.2, 0.25) is 18.1 Å². The SMILES string of the molecule is C=C(CCCCO[Si](CC)(CC)CC)C(=O)O. The van der Waals surface area contributed by atoms with Crippen molar-refractivity contribution in [2.75, 3.05) is 6.61 Å². The van der Waals surface area contributed by atoms with Gasteiger partial charge in [-0.15, -0.1) is 0 Å². The molecule has 4 heteroatoms. The molecule has 0 atom stereocenters. The van der Waals surface area contributed by atoms with Crippen molar-refractivity contribution in [3.63, 3.8) is 0 Å². The Labute approximate surface area is 106 Å². The van der Waals surface area contributed by atoms with Crippen LogP contribution in [0.1, 0.15) is 40.0 Å². The molecular formula is C13H26O3Si. The standard InChI is InChI=1S/C13H26O3Si/c1-5-17(6-2,7-3)16-11-9-8-10-12(4)13(14)15/h4-11H2,1-3H3,(H,14,15). The Morgan fingerprint density at radius 1 is 1.18 bits per heavy atom. The zero-order valence-corrected chi connectivity index (χ0v) is 12.4. The van der Waals surface area contributed by atoms with E-state index in [4.69, 9.17) is 9.53 Å². The van der Waals surface area contributed by atoms with Crippen molar-refractivity contribution >= 4 is 14.3 Å². The summed E-state index contributed by atoms with van der Waals surface area (Å²) < 4.78 is 6.08. The third-order valence-corrected chi connectivity index (χ3v) is 8.20. The summed E-state index contributed by atoms with van der Waals surface area (Å²) >= 11 is 0. The molecule has 0 aliphatic rings. The maximum Gasteiger partial charge on any atom is 0.330 e. The van der Waals surface area contributed by atoms with E-state index in [1.807, 2.05) is 0 Å². The number of unbranched alkanes of at least 4 members (excludes halogenated alkanes) is 1. The molecule has 0 bridgehead atoms. The largest absolute Gasteiger partial charge is 0.478 e. The number of carbonyl (C=O) groups is 1. The molecule has 0 saturated heterocycles. The second-order valence-electron chi connectivity index (χ2n) is 4.46. The molecule has 1 N–H and O–H groups in total. The highest BCUT2D eigenvalue weighted by Crippen LogP contribution is 2.22. The minimum Gasteiger partial charge on any atom is -0.478 e. The molecule has 3 nitrogen and oxygen atoms in total. The molecule has 0 amide bonds. The van der Waals surface area contributed by atoms with E-state index in [-0.39, 0.29) is 0 Å². The monoisotopic (exact) mass is 258 g/mol.